The first-order valence-corrected chi connectivity index (χ1v) is 9.50. The van der Waals surface area contributed by atoms with Crippen molar-refractivity contribution in [1.82, 2.24) is 4.98 Å². The molecule has 1 fully saturated rings. The summed E-state index contributed by atoms with van der Waals surface area (Å²) in [6, 6.07) is 5.50. The Kier molecular flexibility index (Phi) is 6.19. The van der Waals surface area contributed by atoms with E-state index < -0.39 is 5.97 Å². The number of ether oxygens (including phenoxy) is 3. The van der Waals surface area contributed by atoms with Crippen molar-refractivity contribution in [3.8, 4) is 11.5 Å². The van der Waals surface area contributed by atoms with Crippen molar-refractivity contribution in [3.05, 3.63) is 51.8 Å². The molecule has 1 unspecified atom stereocenters. The number of nitrogens with zero attached hydrogens (tertiary/aromatic N) is 1. The number of aromatic nitrogens is 1. The molecular weight excluding hydrogens is 358 g/mol. The monoisotopic (exact) mass is 385 g/mol. The highest BCUT2D eigenvalue weighted by Crippen LogP contribution is 2.34. The van der Waals surface area contributed by atoms with Gasteiger partial charge in [-0.1, -0.05) is 0 Å². The number of esters is 1. The van der Waals surface area contributed by atoms with Crippen LogP contribution in [0.4, 0.5) is 0 Å². The molecule has 1 saturated heterocycles. The molecule has 6 heteroatoms. The first-order valence-electron chi connectivity index (χ1n) is 9.50. The Hall–Kier alpha value is -2.60. The number of methoxy groups -OCH3 is 1. The van der Waals surface area contributed by atoms with E-state index in [1.165, 1.54) is 12.7 Å². The zero-order valence-electron chi connectivity index (χ0n) is 16.9. The average Bonchev–Trinajstić information content (AvgIpc) is 3.22. The van der Waals surface area contributed by atoms with E-state index >= 15 is 0 Å². The van der Waals surface area contributed by atoms with Crippen LogP contribution in [0.15, 0.2) is 18.2 Å². The van der Waals surface area contributed by atoms with Crippen molar-refractivity contribution in [2.24, 2.45) is 0 Å². The molecule has 1 aromatic carbocycles. The summed E-state index contributed by atoms with van der Waals surface area (Å²) in [6.07, 6.45) is 2.39. The summed E-state index contributed by atoms with van der Waals surface area (Å²) in [4.78, 5) is 16.0. The van der Waals surface area contributed by atoms with E-state index in [1.807, 2.05) is 32.9 Å². The summed E-state index contributed by atoms with van der Waals surface area (Å²) in [7, 11) is 1.34. The molecule has 0 radical (unpaired) electrons. The van der Waals surface area contributed by atoms with Gasteiger partial charge in [-0.15, -0.1) is 0 Å². The van der Waals surface area contributed by atoms with Gasteiger partial charge >= 0.3 is 5.97 Å². The minimum atomic E-state index is -0.409. The van der Waals surface area contributed by atoms with E-state index in [4.69, 9.17) is 9.47 Å². The number of hydrogen-bond acceptors (Lipinski definition) is 6. The third-order valence-corrected chi connectivity index (χ3v) is 5.33. The number of benzene rings is 1. The van der Waals surface area contributed by atoms with Gasteiger partial charge in [-0.25, -0.2) is 4.79 Å². The fraction of sp³-hybridized carbons (Fsp3) is 0.455. The number of pyridine rings is 1. The molecule has 3 rings (SSSR count). The maximum atomic E-state index is 11.4. The van der Waals surface area contributed by atoms with Gasteiger partial charge in [0.2, 0.25) is 0 Å². The van der Waals surface area contributed by atoms with Crippen molar-refractivity contribution >= 4 is 5.97 Å². The molecule has 1 aliphatic rings. The van der Waals surface area contributed by atoms with Crippen LogP contribution in [0.5, 0.6) is 11.5 Å². The van der Waals surface area contributed by atoms with Gasteiger partial charge in [0.1, 0.15) is 23.3 Å². The highest BCUT2D eigenvalue weighted by molar-refractivity contribution is 5.71. The third kappa shape index (κ3) is 4.28. The minimum Gasteiger partial charge on any atom is -0.506 e. The van der Waals surface area contributed by atoms with E-state index in [1.54, 1.807) is 6.07 Å². The van der Waals surface area contributed by atoms with Gasteiger partial charge in [0.05, 0.1) is 7.11 Å². The third-order valence-electron chi connectivity index (χ3n) is 5.33. The molecule has 1 aliphatic heterocycles. The molecule has 6 nitrogen and oxygen atoms in total. The van der Waals surface area contributed by atoms with Gasteiger partial charge in [0.25, 0.3) is 0 Å². The van der Waals surface area contributed by atoms with Crippen LogP contribution in [0.25, 0.3) is 0 Å². The second-order valence-electron chi connectivity index (χ2n) is 7.17. The van der Waals surface area contributed by atoms with Crippen LogP contribution in [0.1, 0.15) is 52.6 Å². The SMILES string of the molecule is COC(=O)COc1cc(C)c(Cc2ccc(O)c(C3CCCO3)n2)c(C)c1C. The predicted octanol–water partition coefficient (Wildman–Crippen LogP) is 3.71. The minimum absolute atomic E-state index is 0.111. The molecule has 2 heterocycles. The van der Waals surface area contributed by atoms with Gasteiger partial charge < -0.3 is 19.3 Å². The Morgan fingerprint density at radius 3 is 2.75 bits per heavy atom. The van der Waals surface area contributed by atoms with Gasteiger partial charge in [-0.2, -0.15) is 0 Å². The van der Waals surface area contributed by atoms with Crippen molar-refractivity contribution in [1.29, 1.82) is 0 Å². The van der Waals surface area contributed by atoms with E-state index in [0.717, 1.165) is 35.2 Å². The van der Waals surface area contributed by atoms with Crippen LogP contribution in [0, 0.1) is 20.8 Å². The normalized spacial score (nSPS) is 16.2. The summed E-state index contributed by atoms with van der Waals surface area (Å²) in [5.74, 6) is 0.462. The number of carbonyl (C=O) groups excluding carboxylic acids is 1. The van der Waals surface area contributed by atoms with Crippen LogP contribution in [-0.2, 0) is 20.7 Å². The van der Waals surface area contributed by atoms with Gasteiger partial charge in [0, 0.05) is 18.7 Å². The maximum absolute atomic E-state index is 11.4. The lowest BCUT2D eigenvalue weighted by atomic mass is 9.93. The zero-order valence-corrected chi connectivity index (χ0v) is 16.9. The number of aryl methyl sites for hydroxylation is 1. The Balaban J connectivity index is 1.85. The van der Waals surface area contributed by atoms with Crippen LogP contribution < -0.4 is 4.74 Å². The molecule has 150 valence electrons. The maximum Gasteiger partial charge on any atom is 0.343 e. The van der Waals surface area contributed by atoms with Gasteiger partial charge in [-0.3, -0.25) is 4.98 Å². The lowest BCUT2D eigenvalue weighted by Crippen LogP contribution is -2.14. The van der Waals surface area contributed by atoms with Crippen LogP contribution in [0.2, 0.25) is 0 Å². The summed E-state index contributed by atoms with van der Waals surface area (Å²) in [6.45, 7) is 6.64. The number of hydrogen-bond donors (Lipinski definition) is 1. The second kappa shape index (κ2) is 8.61. The molecule has 28 heavy (non-hydrogen) atoms. The Bertz CT molecular complexity index is 872. The van der Waals surface area contributed by atoms with Gasteiger partial charge in [-0.05, 0) is 74.1 Å². The standard InChI is InChI=1S/C22H27NO5/c1-13-10-20(28-12-21(25)26-4)15(3)14(2)17(13)11-16-7-8-18(24)22(23-16)19-6-5-9-27-19/h7-8,10,19,24H,5-6,9,11-12H2,1-4H3. The summed E-state index contributed by atoms with van der Waals surface area (Å²) in [5, 5.41) is 10.2. The highest BCUT2D eigenvalue weighted by Gasteiger charge is 2.23. The first-order chi connectivity index (χ1) is 13.4. The van der Waals surface area contributed by atoms with Crippen LogP contribution in [0.3, 0.4) is 0 Å². The molecule has 0 saturated carbocycles. The molecule has 0 bridgehead atoms. The highest BCUT2D eigenvalue weighted by atomic mass is 16.6. The van der Waals surface area contributed by atoms with Crippen LogP contribution >= 0.6 is 0 Å². The lowest BCUT2D eigenvalue weighted by molar-refractivity contribution is -0.142. The van der Waals surface area contributed by atoms with E-state index in [0.29, 0.717) is 24.5 Å². The lowest BCUT2D eigenvalue weighted by Gasteiger charge is -2.18. The predicted molar refractivity (Wildman–Crippen MR) is 105 cm³/mol. The number of rotatable bonds is 6. The van der Waals surface area contributed by atoms with Crippen molar-refractivity contribution in [3.63, 3.8) is 0 Å². The van der Waals surface area contributed by atoms with E-state index in [2.05, 4.69) is 9.72 Å². The number of aromatic hydroxyl groups is 1. The largest absolute Gasteiger partial charge is 0.506 e. The average molecular weight is 385 g/mol. The molecule has 0 amide bonds. The Labute approximate surface area is 165 Å². The first kappa shape index (κ1) is 20.1. The fourth-order valence-corrected chi connectivity index (χ4v) is 3.54. The summed E-state index contributed by atoms with van der Waals surface area (Å²) >= 11 is 0. The van der Waals surface area contributed by atoms with E-state index in [-0.39, 0.29) is 18.5 Å². The van der Waals surface area contributed by atoms with Crippen molar-refractivity contribution < 1.29 is 24.1 Å². The van der Waals surface area contributed by atoms with Gasteiger partial charge in [0.15, 0.2) is 6.61 Å². The van der Waals surface area contributed by atoms with Crippen molar-refractivity contribution in [2.45, 2.75) is 46.1 Å². The quantitative estimate of drug-likeness (QED) is 0.764. The Morgan fingerprint density at radius 2 is 2.07 bits per heavy atom. The molecular formula is C22H27NO5. The molecule has 1 aromatic heterocycles. The molecule has 0 aliphatic carbocycles. The van der Waals surface area contributed by atoms with E-state index in [9.17, 15) is 9.90 Å². The molecule has 0 spiro atoms. The smallest absolute Gasteiger partial charge is 0.343 e. The molecule has 2 aromatic rings. The fourth-order valence-electron chi connectivity index (χ4n) is 3.54. The number of carbonyl (C=O) groups is 1. The summed E-state index contributed by atoms with van der Waals surface area (Å²) in [5.41, 5.74) is 5.84. The Morgan fingerprint density at radius 1 is 1.29 bits per heavy atom. The molecule has 1 atom stereocenters. The zero-order chi connectivity index (χ0) is 20.3. The topological polar surface area (TPSA) is 77.9 Å². The second-order valence-corrected chi connectivity index (χ2v) is 7.17. The summed E-state index contributed by atoms with van der Waals surface area (Å²) < 4.78 is 15.9. The van der Waals surface area contributed by atoms with Crippen molar-refractivity contribution in [2.75, 3.05) is 20.3 Å². The molecule has 1 N–H and O–H groups in total. The van der Waals surface area contributed by atoms with Crippen LogP contribution in [-0.4, -0.2) is 36.4 Å².